The maximum atomic E-state index is 12.1. The summed E-state index contributed by atoms with van der Waals surface area (Å²) in [5.74, 6) is -0.276. The molecule has 1 amide bonds. The summed E-state index contributed by atoms with van der Waals surface area (Å²) in [4.78, 5) is 12.1. The first-order valence-electron chi connectivity index (χ1n) is 5.60. The second kappa shape index (κ2) is 5.63. The van der Waals surface area contributed by atoms with E-state index in [4.69, 9.17) is 17.3 Å². The van der Waals surface area contributed by atoms with E-state index in [-0.39, 0.29) is 11.6 Å². The Labute approximate surface area is 124 Å². The monoisotopic (exact) mass is 338 g/mol. The number of nitrogen functional groups attached to an aromatic ring is 1. The zero-order chi connectivity index (χ0) is 14.0. The number of nitrogens with two attached hydrogens (primary N) is 1. The van der Waals surface area contributed by atoms with Crippen molar-refractivity contribution in [3.63, 3.8) is 0 Å². The summed E-state index contributed by atoms with van der Waals surface area (Å²) in [6.45, 7) is 1.95. The van der Waals surface area contributed by atoms with Gasteiger partial charge in [0.15, 0.2) is 0 Å². The minimum Gasteiger partial charge on any atom is -0.397 e. The van der Waals surface area contributed by atoms with E-state index in [0.29, 0.717) is 16.3 Å². The molecule has 0 fully saturated rings. The van der Waals surface area contributed by atoms with Gasteiger partial charge in [0.2, 0.25) is 0 Å². The Morgan fingerprint density at radius 3 is 2.74 bits per heavy atom. The molecule has 98 valence electrons. The fourth-order valence-corrected chi connectivity index (χ4v) is 2.08. The smallest absolute Gasteiger partial charge is 0.257 e. The summed E-state index contributed by atoms with van der Waals surface area (Å²) in [5.41, 5.74) is 8.20. The predicted molar refractivity (Wildman–Crippen MR) is 82.7 cm³/mol. The number of nitrogens with one attached hydrogen (secondary N) is 1. The van der Waals surface area contributed by atoms with Gasteiger partial charge >= 0.3 is 0 Å². The second-order valence-electron chi connectivity index (χ2n) is 4.12. The Balaban J connectivity index is 2.26. The van der Waals surface area contributed by atoms with Crippen LogP contribution < -0.4 is 11.1 Å². The predicted octanol–water partition coefficient (Wildman–Crippen LogP) is 4.25. The molecule has 2 aromatic rings. The molecule has 5 heteroatoms. The van der Waals surface area contributed by atoms with Crippen LogP contribution in [0.5, 0.6) is 0 Å². The van der Waals surface area contributed by atoms with Gasteiger partial charge in [0.25, 0.3) is 5.91 Å². The summed E-state index contributed by atoms with van der Waals surface area (Å²) >= 11 is 9.31. The molecule has 0 aliphatic carbocycles. The van der Waals surface area contributed by atoms with Gasteiger partial charge in [0.05, 0.1) is 16.3 Å². The van der Waals surface area contributed by atoms with Gasteiger partial charge in [-0.05, 0) is 42.8 Å². The van der Waals surface area contributed by atoms with Gasteiger partial charge < -0.3 is 11.1 Å². The lowest BCUT2D eigenvalue weighted by atomic mass is 10.1. The van der Waals surface area contributed by atoms with Crippen molar-refractivity contribution < 1.29 is 4.79 Å². The molecule has 0 unspecified atom stereocenters. The molecule has 2 rings (SSSR count). The Bertz CT molecular complexity index is 643. The third kappa shape index (κ3) is 3.08. The molecule has 0 atom stereocenters. The molecule has 2 aromatic carbocycles. The van der Waals surface area contributed by atoms with Crippen LogP contribution in [-0.2, 0) is 0 Å². The fourth-order valence-electron chi connectivity index (χ4n) is 1.66. The van der Waals surface area contributed by atoms with Crippen molar-refractivity contribution in [2.45, 2.75) is 6.92 Å². The van der Waals surface area contributed by atoms with Gasteiger partial charge in [-0.15, -0.1) is 0 Å². The summed E-state index contributed by atoms with van der Waals surface area (Å²) in [6.07, 6.45) is 0. The van der Waals surface area contributed by atoms with Crippen molar-refractivity contribution in [1.29, 1.82) is 0 Å². The number of para-hydroxylation sites is 1. The minimum atomic E-state index is -0.276. The van der Waals surface area contributed by atoms with Crippen LogP contribution in [0.2, 0.25) is 5.02 Å². The Hall–Kier alpha value is -1.52. The van der Waals surface area contributed by atoms with Crippen LogP contribution >= 0.6 is 27.5 Å². The van der Waals surface area contributed by atoms with E-state index < -0.39 is 0 Å². The van der Waals surface area contributed by atoms with Gasteiger partial charge in [-0.1, -0.05) is 33.6 Å². The van der Waals surface area contributed by atoms with Crippen LogP contribution in [0.15, 0.2) is 40.9 Å². The molecule has 0 aromatic heterocycles. The molecule has 0 spiro atoms. The maximum absolute atomic E-state index is 12.1. The normalized spacial score (nSPS) is 10.3. The SMILES string of the molecule is Cc1cc(NC(=O)c2cccc(Cl)c2N)ccc1Br. The summed E-state index contributed by atoms with van der Waals surface area (Å²) in [6, 6.07) is 10.6. The lowest BCUT2D eigenvalue weighted by Crippen LogP contribution is -2.14. The molecule has 0 radical (unpaired) electrons. The fraction of sp³-hybridized carbons (Fsp3) is 0.0714. The molecular weight excluding hydrogens is 328 g/mol. The van der Waals surface area contributed by atoms with Crippen LogP contribution in [0.3, 0.4) is 0 Å². The molecule has 0 aliphatic heterocycles. The highest BCUT2D eigenvalue weighted by Crippen LogP contribution is 2.24. The lowest BCUT2D eigenvalue weighted by Gasteiger charge is -2.09. The number of hydrogen-bond donors (Lipinski definition) is 2. The maximum Gasteiger partial charge on any atom is 0.257 e. The van der Waals surface area contributed by atoms with Crippen LogP contribution in [0.1, 0.15) is 15.9 Å². The third-order valence-electron chi connectivity index (χ3n) is 2.71. The van der Waals surface area contributed by atoms with Gasteiger partial charge in [-0.25, -0.2) is 0 Å². The van der Waals surface area contributed by atoms with E-state index in [1.807, 2.05) is 25.1 Å². The first-order valence-corrected chi connectivity index (χ1v) is 6.77. The quantitative estimate of drug-likeness (QED) is 0.804. The average molecular weight is 340 g/mol. The Kier molecular flexibility index (Phi) is 4.12. The van der Waals surface area contributed by atoms with E-state index in [1.165, 1.54) is 0 Å². The Morgan fingerprint density at radius 2 is 2.05 bits per heavy atom. The molecule has 19 heavy (non-hydrogen) atoms. The molecule has 0 aliphatic rings. The Morgan fingerprint density at radius 1 is 1.32 bits per heavy atom. The van der Waals surface area contributed by atoms with E-state index in [9.17, 15) is 4.79 Å². The second-order valence-corrected chi connectivity index (χ2v) is 5.38. The molecule has 0 bridgehead atoms. The van der Waals surface area contributed by atoms with Crippen LogP contribution in [0.4, 0.5) is 11.4 Å². The van der Waals surface area contributed by atoms with Gasteiger partial charge in [-0.3, -0.25) is 4.79 Å². The van der Waals surface area contributed by atoms with Crippen LogP contribution in [-0.4, -0.2) is 5.91 Å². The van der Waals surface area contributed by atoms with Gasteiger partial charge in [0.1, 0.15) is 0 Å². The third-order valence-corrected chi connectivity index (χ3v) is 3.93. The summed E-state index contributed by atoms with van der Waals surface area (Å²) in [7, 11) is 0. The minimum absolute atomic E-state index is 0.276. The van der Waals surface area contributed by atoms with E-state index in [2.05, 4.69) is 21.2 Å². The topological polar surface area (TPSA) is 55.1 Å². The number of halogens is 2. The molecule has 0 saturated heterocycles. The van der Waals surface area contributed by atoms with Gasteiger partial charge in [-0.2, -0.15) is 0 Å². The summed E-state index contributed by atoms with van der Waals surface area (Å²) < 4.78 is 0.993. The largest absolute Gasteiger partial charge is 0.397 e. The molecule has 3 N–H and O–H groups in total. The number of anilines is 2. The average Bonchev–Trinajstić information content (AvgIpc) is 2.37. The van der Waals surface area contributed by atoms with Crippen molar-refractivity contribution in [2.75, 3.05) is 11.1 Å². The first-order chi connectivity index (χ1) is 8.99. The van der Waals surface area contributed by atoms with Crippen LogP contribution in [0.25, 0.3) is 0 Å². The van der Waals surface area contributed by atoms with E-state index in [0.717, 1.165) is 10.0 Å². The molecule has 0 saturated carbocycles. The van der Waals surface area contributed by atoms with E-state index in [1.54, 1.807) is 18.2 Å². The molecular formula is C14H12BrClN2O. The number of benzene rings is 2. The van der Waals surface area contributed by atoms with Crippen molar-refractivity contribution in [2.24, 2.45) is 0 Å². The number of aryl methyl sites for hydroxylation is 1. The highest BCUT2D eigenvalue weighted by atomic mass is 79.9. The highest BCUT2D eigenvalue weighted by Gasteiger charge is 2.12. The van der Waals surface area contributed by atoms with E-state index >= 15 is 0 Å². The number of carbonyl (C=O) groups excluding carboxylic acids is 1. The number of rotatable bonds is 2. The number of hydrogen-bond acceptors (Lipinski definition) is 2. The standard InChI is InChI=1S/C14H12BrClN2O/c1-8-7-9(5-6-11(8)15)18-14(19)10-3-2-4-12(16)13(10)17/h2-7H,17H2,1H3,(H,18,19). The van der Waals surface area contributed by atoms with Crippen molar-refractivity contribution in [1.82, 2.24) is 0 Å². The highest BCUT2D eigenvalue weighted by molar-refractivity contribution is 9.10. The number of carbonyl (C=O) groups is 1. The zero-order valence-corrected chi connectivity index (χ0v) is 12.5. The molecule has 3 nitrogen and oxygen atoms in total. The zero-order valence-electron chi connectivity index (χ0n) is 10.2. The van der Waals surface area contributed by atoms with Crippen LogP contribution in [0, 0.1) is 6.92 Å². The van der Waals surface area contributed by atoms with Crippen molar-refractivity contribution in [3.05, 3.63) is 57.0 Å². The number of amides is 1. The molecule has 0 heterocycles. The van der Waals surface area contributed by atoms with Crippen molar-refractivity contribution in [3.8, 4) is 0 Å². The summed E-state index contributed by atoms with van der Waals surface area (Å²) in [5, 5.41) is 3.17. The van der Waals surface area contributed by atoms with Gasteiger partial charge in [0, 0.05) is 10.2 Å². The first kappa shape index (κ1) is 13.9. The lowest BCUT2D eigenvalue weighted by molar-refractivity contribution is 0.102. The van der Waals surface area contributed by atoms with Crippen molar-refractivity contribution >= 4 is 44.8 Å².